The maximum Gasteiger partial charge on any atom is 0.253 e. The fourth-order valence-electron chi connectivity index (χ4n) is 1.23. The van der Waals surface area contributed by atoms with Crippen LogP contribution in [0.5, 0.6) is 5.88 Å². The van der Waals surface area contributed by atoms with Gasteiger partial charge < -0.3 is 4.74 Å². The van der Waals surface area contributed by atoms with Crippen molar-refractivity contribution in [3.05, 3.63) is 59.8 Å². The first-order chi connectivity index (χ1) is 7.75. The average Bonchev–Trinajstić information content (AvgIpc) is 2.32. The van der Waals surface area contributed by atoms with Gasteiger partial charge in [0, 0.05) is 0 Å². The molecule has 82 valence electrons. The number of hydrogen-bond acceptors (Lipinski definition) is 2. The van der Waals surface area contributed by atoms with Crippen molar-refractivity contribution in [3.63, 3.8) is 0 Å². The number of aromatic nitrogens is 1. The van der Waals surface area contributed by atoms with E-state index in [0.29, 0.717) is 0 Å². The summed E-state index contributed by atoms with van der Waals surface area (Å²) in [6.07, 6.45) is 0. The highest BCUT2D eigenvalue weighted by Crippen LogP contribution is 2.15. The van der Waals surface area contributed by atoms with Crippen LogP contribution in [-0.4, -0.2) is 4.98 Å². The van der Waals surface area contributed by atoms with Crippen molar-refractivity contribution >= 4 is 0 Å². The normalized spacial score (nSPS) is 10.1. The van der Waals surface area contributed by atoms with Crippen molar-refractivity contribution < 1.29 is 13.5 Å². The maximum absolute atomic E-state index is 13.1. The Kier molecular flexibility index (Phi) is 3.10. The highest BCUT2D eigenvalue weighted by atomic mass is 19.1. The lowest BCUT2D eigenvalue weighted by Gasteiger charge is -2.05. The Balaban J connectivity index is 2.08. The Morgan fingerprint density at radius 3 is 2.50 bits per heavy atom. The SMILES string of the molecule is Fc1ccc(F)c(OCc2ccccc2)n1. The standard InChI is InChI=1S/C12H9F2NO/c13-10-6-7-11(14)15-12(10)16-8-9-4-2-1-3-5-9/h1-7H,8H2. The molecule has 0 atom stereocenters. The Hall–Kier alpha value is -1.97. The summed E-state index contributed by atoms with van der Waals surface area (Å²) in [5.74, 6) is -1.74. The Bertz CT molecular complexity index is 474. The summed E-state index contributed by atoms with van der Waals surface area (Å²) in [5.41, 5.74) is 0.868. The van der Waals surface area contributed by atoms with Crippen LogP contribution in [0.15, 0.2) is 42.5 Å². The summed E-state index contributed by atoms with van der Waals surface area (Å²) in [5, 5.41) is 0. The topological polar surface area (TPSA) is 22.1 Å². The van der Waals surface area contributed by atoms with Gasteiger partial charge in [-0.25, -0.2) is 4.39 Å². The number of halogens is 2. The van der Waals surface area contributed by atoms with Crippen LogP contribution in [0, 0.1) is 11.8 Å². The van der Waals surface area contributed by atoms with Crippen LogP contribution in [0.2, 0.25) is 0 Å². The number of ether oxygens (including phenoxy) is 1. The highest BCUT2D eigenvalue weighted by Gasteiger charge is 2.06. The molecule has 1 aromatic carbocycles. The van der Waals surface area contributed by atoms with E-state index in [9.17, 15) is 8.78 Å². The predicted molar refractivity (Wildman–Crippen MR) is 54.9 cm³/mol. The molecule has 0 bridgehead atoms. The Morgan fingerprint density at radius 1 is 1.00 bits per heavy atom. The van der Waals surface area contributed by atoms with Gasteiger partial charge in [-0.2, -0.15) is 9.37 Å². The van der Waals surface area contributed by atoms with Gasteiger partial charge in [0.25, 0.3) is 5.88 Å². The van der Waals surface area contributed by atoms with Crippen molar-refractivity contribution in [1.29, 1.82) is 0 Å². The van der Waals surface area contributed by atoms with E-state index in [-0.39, 0.29) is 12.5 Å². The molecule has 0 amide bonds. The Morgan fingerprint density at radius 2 is 1.75 bits per heavy atom. The molecule has 0 radical (unpaired) electrons. The van der Waals surface area contributed by atoms with Crippen LogP contribution in [0.4, 0.5) is 8.78 Å². The van der Waals surface area contributed by atoms with Crippen LogP contribution in [-0.2, 0) is 6.61 Å². The first kappa shape index (κ1) is 10.5. The molecule has 2 aromatic rings. The molecule has 2 nitrogen and oxygen atoms in total. The van der Waals surface area contributed by atoms with Crippen molar-refractivity contribution in [1.82, 2.24) is 4.98 Å². The minimum Gasteiger partial charge on any atom is -0.471 e. The van der Waals surface area contributed by atoms with E-state index in [4.69, 9.17) is 4.74 Å². The molecule has 0 spiro atoms. The Labute approximate surface area is 91.5 Å². The summed E-state index contributed by atoms with van der Waals surface area (Å²) < 4.78 is 30.9. The van der Waals surface area contributed by atoms with Gasteiger partial charge in [-0.15, -0.1) is 0 Å². The van der Waals surface area contributed by atoms with Crippen molar-refractivity contribution in [2.24, 2.45) is 0 Å². The zero-order chi connectivity index (χ0) is 11.4. The quantitative estimate of drug-likeness (QED) is 0.743. The first-order valence-electron chi connectivity index (χ1n) is 4.74. The largest absolute Gasteiger partial charge is 0.471 e. The van der Waals surface area contributed by atoms with Gasteiger partial charge in [0.05, 0.1) is 0 Å². The second kappa shape index (κ2) is 4.70. The molecule has 0 fully saturated rings. The monoisotopic (exact) mass is 221 g/mol. The van der Waals surface area contributed by atoms with Crippen molar-refractivity contribution in [3.8, 4) is 5.88 Å². The summed E-state index contributed by atoms with van der Waals surface area (Å²) >= 11 is 0. The molecule has 1 aromatic heterocycles. The van der Waals surface area contributed by atoms with Gasteiger partial charge in [0.2, 0.25) is 5.95 Å². The number of hydrogen-bond donors (Lipinski definition) is 0. The van der Waals surface area contributed by atoms with E-state index < -0.39 is 11.8 Å². The molecule has 0 saturated heterocycles. The molecule has 0 saturated carbocycles. The van der Waals surface area contributed by atoms with Crippen LogP contribution < -0.4 is 4.74 Å². The van der Waals surface area contributed by atoms with Gasteiger partial charge in [-0.05, 0) is 17.7 Å². The average molecular weight is 221 g/mol. The predicted octanol–water partition coefficient (Wildman–Crippen LogP) is 2.94. The number of rotatable bonds is 3. The second-order valence-electron chi connectivity index (χ2n) is 3.20. The fourth-order valence-corrected chi connectivity index (χ4v) is 1.23. The zero-order valence-corrected chi connectivity index (χ0v) is 8.36. The minimum absolute atomic E-state index is 0.161. The molecular formula is C12H9F2NO. The van der Waals surface area contributed by atoms with E-state index in [1.807, 2.05) is 30.3 Å². The molecule has 1 heterocycles. The fraction of sp³-hybridized carbons (Fsp3) is 0.0833. The van der Waals surface area contributed by atoms with Gasteiger partial charge in [0.15, 0.2) is 5.82 Å². The summed E-state index contributed by atoms with van der Waals surface area (Å²) in [6.45, 7) is 0.161. The zero-order valence-electron chi connectivity index (χ0n) is 8.36. The molecule has 4 heteroatoms. The van der Waals surface area contributed by atoms with Gasteiger partial charge >= 0.3 is 0 Å². The number of nitrogens with zero attached hydrogens (tertiary/aromatic N) is 1. The number of pyridine rings is 1. The van der Waals surface area contributed by atoms with Crippen LogP contribution in [0.3, 0.4) is 0 Å². The molecule has 0 N–H and O–H groups in total. The van der Waals surface area contributed by atoms with Gasteiger partial charge in [-0.1, -0.05) is 30.3 Å². The molecule has 0 aliphatic heterocycles. The lowest BCUT2D eigenvalue weighted by molar-refractivity contribution is 0.272. The summed E-state index contributed by atoms with van der Waals surface area (Å²) in [7, 11) is 0. The second-order valence-corrected chi connectivity index (χ2v) is 3.20. The molecule has 16 heavy (non-hydrogen) atoms. The van der Waals surface area contributed by atoms with Gasteiger partial charge in [0.1, 0.15) is 6.61 Å². The van der Waals surface area contributed by atoms with E-state index in [2.05, 4.69) is 4.98 Å². The van der Waals surface area contributed by atoms with Crippen molar-refractivity contribution in [2.75, 3.05) is 0 Å². The van der Waals surface area contributed by atoms with E-state index >= 15 is 0 Å². The third kappa shape index (κ3) is 2.53. The smallest absolute Gasteiger partial charge is 0.253 e. The first-order valence-corrected chi connectivity index (χ1v) is 4.74. The third-order valence-electron chi connectivity index (χ3n) is 2.00. The highest BCUT2D eigenvalue weighted by molar-refractivity contribution is 5.17. The molecule has 0 aliphatic rings. The minimum atomic E-state index is -0.760. The van der Waals surface area contributed by atoms with Crippen molar-refractivity contribution in [2.45, 2.75) is 6.61 Å². The summed E-state index contributed by atoms with van der Waals surface area (Å²) in [4.78, 5) is 3.32. The van der Waals surface area contributed by atoms with E-state index in [1.54, 1.807) is 0 Å². The lowest BCUT2D eigenvalue weighted by Crippen LogP contribution is -2.00. The number of benzene rings is 1. The molecule has 2 rings (SSSR count). The molecule has 0 unspecified atom stereocenters. The van der Waals surface area contributed by atoms with E-state index in [0.717, 1.165) is 17.7 Å². The van der Waals surface area contributed by atoms with E-state index in [1.165, 1.54) is 0 Å². The molecule has 0 aliphatic carbocycles. The molecular weight excluding hydrogens is 212 g/mol. The van der Waals surface area contributed by atoms with Gasteiger partial charge in [-0.3, -0.25) is 0 Å². The maximum atomic E-state index is 13.1. The lowest BCUT2D eigenvalue weighted by atomic mass is 10.2. The third-order valence-corrected chi connectivity index (χ3v) is 2.00. The van der Waals surface area contributed by atoms with Crippen LogP contribution in [0.1, 0.15) is 5.56 Å². The van der Waals surface area contributed by atoms with Crippen LogP contribution in [0.25, 0.3) is 0 Å². The van der Waals surface area contributed by atoms with Crippen LogP contribution >= 0.6 is 0 Å². The summed E-state index contributed by atoms with van der Waals surface area (Å²) in [6, 6.07) is 11.1.